The predicted octanol–water partition coefficient (Wildman–Crippen LogP) is 0.549. The molecule has 2 aliphatic carbocycles. The number of benzene rings is 1. The van der Waals surface area contributed by atoms with E-state index < -0.39 is 80.2 Å². The Morgan fingerprint density at radius 3 is 2.20 bits per heavy atom. The Morgan fingerprint density at radius 1 is 0.981 bits per heavy atom. The van der Waals surface area contributed by atoms with Crippen LogP contribution in [0, 0.1) is 5.92 Å². The average molecular weight is 771 g/mol. The second-order valence-corrected chi connectivity index (χ2v) is 17.3. The van der Waals surface area contributed by atoms with Gasteiger partial charge in [0.15, 0.2) is 9.84 Å². The second-order valence-electron chi connectivity index (χ2n) is 15.4. The molecule has 0 radical (unpaired) electrons. The molecule has 1 aliphatic heterocycles. The molecule has 18 heteroatoms. The van der Waals surface area contributed by atoms with Crippen LogP contribution in [0.5, 0.6) is 0 Å². The number of nitrogens with one attached hydrogen (secondary N) is 2. The van der Waals surface area contributed by atoms with Crippen LogP contribution in [0.1, 0.15) is 113 Å². The van der Waals surface area contributed by atoms with Gasteiger partial charge in [-0.05, 0) is 63.3 Å². The van der Waals surface area contributed by atoms with E-state index in [1.807, 2.05) is 0 Å². The summed E-state index contributed by atoms with van der Waals surface area (Å²) < 4.78 is 26.5. The van der Waals surface area contributed by atoms with Crippen LogP contribution in [0.25, 0.3) is 0 Å². The summed E-state index contributed by atoms with van der Waals surface area (Å²) in [6, 6.07) is 2.01. The fraction of sp³-hybridized carbons (Fsp3) is 0.611. The smallest absolute Gasteiger partial charge is 0.287 e. The van der Waals surface area contributed by atoms with Crippen molar-refractivity contribution < 1.29 is 42.3 Å². The SMILES string of the molecule is CC(C)(O)c1cnnn1[C@H]1C[C@@H](C(=O)NC2(C(=O)C(N)=O)CCCCC2)N(C(=O)C(CC2CCCCC2)NC(=O)c2ccc(S(=O)(=O)CC(N)=O)cc2)C1. The number of carbonyl (C=O) groups is 6. The van der Waals surface area contributed by atoms with Crippen LogP contribution in [0.15, 0.2) is 35.4 Å². The minimum atomic E-state index is -4.02. The highest BCUT2D eigenvalue weighted by Gasteiger charge is 2.49. The first-order chi connectivity index (χ1) is 25.4. The molecule has 1 saturated heterocycles. The third-order valence-corrected chi connectivity index (χ3v) is 12.5. The third-order valence-electron chi connectivity index (χ3n) is 10.8. The number of hydrogen-bond acceptors (Lipinski definition) is 11. The Hall–Kier alpha value is -4.71. The molecule has 2 heterocycles. The fourth-order valence-corrected chi connectivity index (χ4v) is 9.15. The van der Waals surface area contributed by atoms with Crippen molar-refractivity contribution in [2.24, 2.45) is 17.4 Å². The van der Waals surface area contributed by atoms with Gasteiger partial charge >= 0.3 is 0 Å². The van der Waals surface area contributed by atoms with E-state index in [0.717, 1.165) is 38.5 Å². The number of amides is 5. The lowest BCUT2D eigenvalue weighted by Crippen LogP contribution is -2.62. The van der Waals surface area contributed by atoms with Gasteiger partial charge < -0.3 is 32.1 Å². The summed E-state index contributed by atoms with van der Waals surface area (Å²) in [5.41, 5.74) is 8.03. The molecule has 17 nitrogen and oxygen atoms in total. The average Bonchev–Trinajstić information content (AvgIpc) is 3.80. The predicted molar refractivity (Wildman–Crippen MR) is 193 cm³/mol. The number of sulfone groups is 1. The van der Waals surface area contributed by atoms with Crippen molar-refractivity contribution >= 4 is 45.2 Å². The lowest BCUT2D eigenvalue weighted by atomic mass is 9.78. The van der Waals surface area contributed by atoms with E-state index in [-0.39, 0.29) is 48.6 Å². The molecule has 0 spiro atoms. The van der Waals surface area contributed by atoms with Crippen molar-refractivity contribution in [3.8, 4) is 0 Å². The Kier molecular flexibility index (Phi) is 12.2. The highest BCUT2D eigenvalue weighted by molar-refractivity contribution is 7.92. The number of nitrogens with zero attached hydrogens (tertiary/aromatic N) is 4. The minimum Gasteiger partial charge on any atom is -0.384 e. The maximum Gasteiger partial charge on any atom is 0.287 e. The van der Waals surface area contributed by atoms with Gasteiger partial charge in [0, 0.05) is 18.5 Å². The summed E-state index contributed by atoms with van der Waals surface area (Å²) in [6.45, 7) is 3.06. The number of hydrogen-bond donors (Lipinski definition) is 5. The number of aliphatic hydroxyl groups is 1. The van der Waals surface area contributed by atoms with E-state index in [9.17, 15) is 42.3 Å². The van der Waals surface area contributed by atoms with Crippen molar-refractivity contribution in [1.29, 1.82) is 0 Å². The molecule has 54 heavy (non-hydrogen) atoms. The molecule has 5 rings (SSSR count). The van der Waals surface area contributed by atoms with Gasteiger partial charge in [-0.3, -0.25) is 28.8 Å². The monoisotopic (exact) mass is 770 g/mol. The molecular weight excluding hydrogens is 721 g/mol. The van der Waals surface area contributed by atoms with E-state index in [4.69, 9.17) is 11.5 Å². The summed E-state index contributed by atoms with van der Waals surface area (Å²) in [5, 5.41) is 24.7. The topological polar surface area (TPSA) is 267 Å². The van der Waals surface area contributed by atoms with E-state index in [0.29, 0.717) is 18.5 Å². The lowest BCUT2D eigenvalue weighted by Gasteiger charge is -2.38. The van der Waals surface area contributed by atoms with Gasteiger partial charge in [-0.2, -0.15) is 0 Å². The van der Waals surface area contributed by atoms with E-state index in [2.05, 4.69) is 20.9 Å². The van der Waals surface area contributed by atoms with E-state index in [1.165, 1.54) is 40.0 Å². The van der Waals surface area contributed by atoms with Gasteiger partial charge in [0.1, 0.15) is 29.0 Å². The maximum absolute atomic E-state index is 14.8. The van der Waals surface area contributed by atoms with E-state index in [1.54, 1.807) is 13.8 Å². The van der Waals surface area contributed by atoms with Crippen LogP contribution in [-0.4, -0.2) is 98.7 Å². The molecule has 2 aromatic rings. The van der Waals surface area contributed by atoms with E-state index >= 15 is 0 Å². The molecule has 7 N–H and O–H groups in total. The number of primary amides is 2. The van der Waals surface area contributed by atoms with Crippen molar-refractivity contribution in [3.05, 3.63) is 41.7 Å². The number of rotatable bonds is 14. The molecule has 3 aliphatic rings. The molecule has 0 bridgehead atoms. The molecule has 3 fully saturated rings. The van der Waals surface area contributed by atoms with Crippen molar-refractivity contribution in [1.82, 2.24) is 30.5 Å². The quantitative estimate of drug-likeness (QED) is 0.166. The third kappa shape index (κ3) is 9.14. The molecule has 5 amide bonds. The highest BCUT2D eigenvalue weighted by atomic mass is 32.2. The Morgan fingerprint density at radius 2 is 1.61 bits per heavy atom. The molecule has 2 saturated carbocycles. The van der Waals surface area contributed by atoms with Crippen LogP contribution < -0.4 is 22.1 Å². The molecule has 1 unspecified atom stereocenters. The zero-order valence-corrected chi connectivity index (χ0v) is 31.5. The summed E-state index contributed by atoms with van der Waals surface area (Å²) in [6.07, 6.45) is 8.72. The fourth-order valence-electron chi connectivity index (χ4n) is 8.06. The van der Waals surface area contributed by atoms with Crippen molar-refractivity contribution in [3.63, 3.8) is 0 Å². The Labute approximate surface area is 313 Å². The number of nitrogens with two attached hydrogens (primary N) is 2. The number of aromatic nitrogens is 3. The van der Waals surface area contributed by atoms with Gasteiger partial charge in [0.25, 0.3) is 11.8 Å². The molecule has 3 atom stereocenters. The first-order valence-electron chi connectivity index (χ1n) is 18.4. The summed E-state index contributed by atoms with van der Waals surface area (Å²) in [7, 11) is -4.02. The number of likely N-dealkylation sites (tertiary alicyclic amines) is 1. The largest absolute Gasteiger partial charge is 0.384 e. The van der Waals surface area contributed by atoms with Gasteiger partial charge in [0.2, 0.25) is 23.5 Å². The summed E-state index contributed by atoms with van der Waals surface area (Å²) in [4.78, 5) is 80.6. The first kappa shape index (κ1) is 40.5. The lowest BCUT2D eigenvalue weighted by molar-refractivity contribution is -0.145. The number of ketones is 1. The van der Waals surface area contributed by atoms with Crippen LogP contribution in [-0.2, 0) is 39.4 Å². The Balaban J connectivity index is 1.47. The van der Waals surface area contributed by atoms with Crippen molar-refractivity contribution in [2.45, 2.75) is 125 Å². The number of Topliss-reactive ketones (excluding diaryl/α,β-unsaturated/α-hetero) is 1. The molecule has 1 aromatic carbocycles. The van der Waals surface area contributed by atoms with Crippen LogP contribution in [0.3, 0.4) is 0 Å². The van der Waals surface area contributed by atoms with Crippen molar-refractivity contribution in [2.75, 3.05) is 12.3 Å². The Bertz CT molecular complexity index is 1860. The summed E-state index contributed by atoms with van der Waals surface area (Å²) in [5.74, 6) is -5.77. The van der Waals surface area contributed by atoms with Gasteiger partial charge in [-0.15, -0.1) is 5.10 Å². The van der Waals surface area contributed by atoms with Gasteiger partial charge in [-0.25, -0.2) is 13.1 Å². The van der Waals surface area contributed by atoms with Crippen LogP contribution in [0.4, 0.5) is 0 Å². The van der Waals surface area contributed by atoms with Gasteiger partial charge in [-0.1, -0.05) is 56.6 Å². The zero-order chi connectivity index (χ0) is 39.4. The summed E-state index contributed by atoms with van der Waals surface area (Å²) >= 11 is 0. The number of carbonyl (C=O) groups excluding carboxylic acids is 6. The minimum absolute atomic E-state index is 0.0240. The normalized spacial score (nSPS) is 21.2. The standard InChI is InChI=1S/C36H50N8O9S/c1-35(2,51)28-19-39-42-44(28)24-18-27(33(49)41-36(30(46)31(38)47)15-7-4-8-16-36)43(20-24)34(50)26(17-22-9-5-3-6-10-22)40-32(48)23-11-13-25(14-12-23)54(52,53)21-29(37)45/h11-14,19,22,24,26-27,51H,3-10,15-18,20-21H2,1-2H3,(H2,37,45)(H2,38,47)(H,40,48)(H,41,49)/t24-,26?,27-/m0/s1. The highest BCUT2D eigenvalue weighted by Crippen LogP contribution is 2.35. The second kappa shape index (κ2) is 16.3. The molecule has 1 aromatic heterocycles. The molecular formula is C36H50N8O9S. The van der Waals surface area contributed by atoms with Crippen LogP contribution >= 0.6 is 0 Å². The zero-order valence-electron chi connectivity index (χ0n) is 30.7. The first-order valence-corrected chi connectivity index (χ1v) is 20.1. The van der Waals surface area contributed by atoms with Crippen LogP contribution in [0.2, 0.25) is 0 Å². The maximum atomic E-state index is 14.8. The molecule has 294 valence electrons. The van der Waals surface area contributed by atoms with Gasteiger partial charge in [0.05, 0.1) is 22.8 Å².